The van der Waals surface area contributed by atoms with E-state index in [2.05, 4.69) is 68.6 Å². The molecule has 0 spiro atoms. The van der Waals surface area contributed by atoms with E-state index in [0.29, 0.717) is 19.3 Å². The second-order valence-electron chi connectivity index (χ2n) is 16.3. The Kier molecular flexibility index (Phi) is 44.3. The predicted molar refractivity (Wildman–Crippen MR) is 259 cm³/mol. The number of unbranched alkanes of at least 4 members (excludes halogenated alkanes) is 20. The fourth-order valence-corrected chi connectivity index (χ4v) is 6.93. The monoisotopic (exact) mass is 834 g/mol. The first-order valence-electron chi connectivity index (χ1n) is 24.6. The Morgan fingerprint density at radius 1 is 0.500 bits per heavy atom. The summed E-state index contributed by atoms with van der Waals surface area (Å²) in [4.78, 5) is 26.0. The third-order valence-corrected chi connectivity index (χ3v) is 10.6. The lowest BCUT2D eigenvalue weighted by Crippen LogP contribution is -2.46. The van der Waals surface area contributed by atoms with E-state index in [9.17, 15) is 19.8 Å². The molecule has 0 radical (unpaired) electrons. The number of nitrogens with one attached hydrogen (secondary N) is 1. The number of aliphatic hydroxyl groups excluding tert-OH is 2. The van der Waals surface area contributed by atoms with Crippen molar-refractivity contribution < 1.29 is 24.5 Å². The van der Waals surface area contributed by atoms with Crippen molar-refractivity contribution in [3.8, 4) is 0 Å². The Hall–Kier alpha value is -3.22. The lowest BCUT2D eigenvalue weighted by atomic mass is 10.0. The number of amides is 1. The minimum Gasteiger partial charge on any atom is -0.462 e. The molecule has 0 aromatic heterocycles. The number of aliphatic hydroxyl groups is 2. The number of rotatable bonds is 42. The van der Waals surface area contributed by atoms with Crippen molar-refractivity contribution in [3.63, 3.8) is 0 Å². The van der Waals surface area contributed by atoms with Crippen LogP contribution in [0.25, 0.3) is 0 Å². The van der Waals surface area contributed by atoms with Gasteiger partial charge in [0.05, 0.1) is 25.2 Å². The van der Waals surface area contributed by atoms with Gasteiger partial charge in [0.25, 0.3) is 0 Å². The van der Waals surface area contributed by atoms with Crippen LogP contribution in [0.4, 0.5) is 0 Å². The maximum absolute atomic E-state index is 13.2. The molecule has 0 aliphatic rings. The first kappa shape index (κ1) is 56.8. The molecule has 60 heavy (non-hydrogen) atoms. The number of hydrogen-bond acceptors (Lipinski definition) is 5. The highest BCUT2D eigenvalue weighted by atomic mass is 16.5. The summed E-state index contributed by atoms with van der Waals surface area (Å²) < 4.78 is 5.87. The number of ether oxygens (including phenoxy) is 1. The van der Waals surface area contributed by atoms with E-state index in [1.165, 1.54) is 77.0 Å². The standard InChI is InChI=1S/C54H91NO5/c1-4-7-10-13-16-19-22-25-26-29-31-34-37-40-43-46-52(57)51(49-56)55-53(58)48-50(45-42-39-36-33-30-27-23-20-17-14-11-8-5-2)60-54(59)47-44-41-38-35-32-28-24-21-18-15-12-9-6-3/h8-9,11-12,14-15,17-18,20-21,23-24,28,32,35,38,50-52,56-57H,4-7,10,13,16,19,22,25-27,29-31,33-34,36-37,39-49H2,1-3H3,(H,55,58)/b11-8+,12-9+,17-14+,18-15+,23-20+,24-21-,32-28-,38-35+. The van der Waals surface area contributed by atoms with Crippen LogP contribution in [-0.2, 0) is 14.3 Å². The lowest BCUT2D eigenvalue weighted by Gasteiger charge is -2.24. The Bertz CT molecular complexity index is 1210. The Balaban J connectivity index is 4.70. The maximum Gasteiger partial charge on any atom is 0.306 e. The van der Waals surface area contributed by atoms with Gasteiger partial charge in [-0.25, -0.2) is 0 Å². The zero-order valence-electron chi connectivity index (χ0n) is 38.8. The van der Waals surface area contributed by atoms with Crippen molar-refractivity contribution in [2.45, 2.75) is 225 Å². The van der Waals surface area contributed by atoms with Gasteiger partial charge in [0.15, 0.2) is 0 Å². The second kappa shape index (κ2) is 46.8. The van der Waals surface area contributed by atoms with Crippen molar-refractivity contribution in [2.24, 2.45) is 0 Å². The molecule has 0 fully saturated rings. The van der Waals surface area contributed by atoms with E-state index in [0.717, 1.165) is 77.0 Å². The number of hydrogen-bond donors (Lipinski definition) is 3. The molecule has 0 heterocycles. The smallest absolute Gasteiger partial charge is 0.306 e. The molecule has 6 nitrogen and oxygen atoms in total. The summed E-state index contributed by atoms with van der Waals surface area (Å²) in [6.45, 7) is 6.17. The highest BCUT2D eigenvalue weighted by Gasteiger charge is 2.24. The minimum absolute atomic E-state index is 0.0297. The molecule has 0 rings (SSSR count). The third kappa shape index (κ3) is 41.5. The molecule has 0 aromatic carbocycles. The predicted octanol–water partition coefficient (Wildman–Crippen LogP) is 14.6. The summed E-state index contributed by atoms with van der Waals surface area (Å²) in [5, 5.41) is 23.7. The number of esters is 1. The van der Waals surface area contributed by atoms with Crippen molar-refractivity contribution in [1.82, 2.24) is 5.32 Å². The number of carbonyl (C=O) groups is 2. The molecule has 0 aromatic rings. The Labute approximate surface area is 369 Å². The zero-order valence-corrected chi connectivity index (χ0v) is 38.8. The Morgan fingerprint density at radius 3 is 1.37 bits per heavy atom. The van der Waals surface area contributed by atoms with E-state index in [-0.39, 0.29) is 31.3 Å². The van der Waals surface area contributed by atoms with Gasteiger partial charge in [0.1, 0.15) is 6.10 Å². The van der Waals surface area contributed by atoms with Crippen molar-refractivity contribution >= 4 is 11.9 Å². The molecule has 0 aliphatic carbocycles. The highest BCUT2D eigenvalue weighted by molar-refractivity contribution is 5.77. The second-order valence-corrected chi connectivity index (χ2v) is 16.3. The Morgan fingerprint density at radius 2 is 0.900 bits per heavy atom. The quantitative estimate of drug-likeness (QED) is 0.0323. The molecule has 0 aliphatic heterocycles. The van der Waals surface area contributed by atoms with Gasteiger partial charge in [-0.05, 0) is 57.8 Å². The molecule has 0 saturated heterocycles. The zero-order chi connectivity index (χ0) is 43.8. The summed E-state index contributed by atoms with van der Waals surface area (Å²) in [6, 6.07) is -0.728. The molecular weight excluding hydrogens is 743 g/mol. The van der Waals surface area contributed by atoms with Crippen LogP contribution < -0.4 is 5.32 Å². The summed E-state index contributed by atoms with van der Waals surface area (Å²) in [6.07, 6.45) is 61.8. The van der Waals surface area contributed by atoms with E-state index < -0.39 is 18.2 Å². The van der Waals surface area contributed by atoms with E-state index in [4.69, 9.17) is 4.74 Å². The molecule has 3 unspecified atom stereocenters. The largest absolute Gasteiger partial charge is 0.462 e. The van der Waals surface area contributed by atoms with E-state index in [1.807, 2.05) is 54.7 Å². The van der Waals surface area contributed by atoms with Crippen molar-refractivity contribution in [1.29, 1.82) is 0 Å². The summed E-state index contributed by atoms with van der Waals surface area (Å²) in [7, 11) is 0. The van der Waals surface area contributed by atoms with E-state index in [1.54, 1.807) is 0 Å². The number of carbonyl (C=O) groups excluding carboxylic acids is 2. The summed E-state index contributed by atoms with van der Waals surface area (Å²) >= 11 is 0. The first-order chi connectivity index (χ1) is 29.5. The lowest BCUT2D eigenvalue weighted by molar-refractivity contribution is -0.151. The SMILES string of the molecule is CC/C=C/C=C/C=C\C=C/C=C/CCCC(=O)OC(CCCCCCC/C=C/C=C/C=C/CC)CC(=O)NC(CO)C(O)CCCCCCCCCCCCCCCCC. The first-order valence-corrected chi connectivity index (χ1v) is 24.6. The van der Waals surface area contributed by atoms with Crippen LogP contribution in [0.1, 0.15) is 207 Å². The normalized spacial score (nSPS) is 14.2. The molecule has 3 atom stereocenters. The van der Waals surface area contributed by atoms with Gasteiger partial charge in [0.2, 0.25) is 5.91 Å². The van der Waals surface area contributed by atoms with Crippen LogP contribution in [0.15, 0.2) is 97.2 Å². The van der Waals surface area contributed by atoms with Crippen LogP contribution in [0.2, 0.25) is 0 Å². The van der Waals surface area contributed by atoms with Gasteiger partial charge in [-0.3, -0.25) is 9.59 Å². The minimum atomic E-state index is -0.811. The molecule has 1 amide bonds. The van der Waals surface area contributed by atoms with Crippen LogP contribution in [-0.4, -0.2) is 46.9 Å². The molecule has 342 valence electrons. The van der Waals surface area contributed by atoms with Crippen molar-refractivity contribution in [2.75, 3.05) is 6.61 Å². The van der Waals surface area contributed by atoms with Crippen LogP contribution in [0, 0.1) is 0 Å². The third-order valence-electron chi connectivity index (χ3n) is 10.6. The summed E-state index contributed by atoms with van der Waals surface area (Å²) in [5.41, 5.74) is 0. The topological polar surface area (TPSA) is 95.9 Å². The van der Waals surface area contributed by atoms with Crippen LogP contribution in [0.3, 0.4) is 0 Å². The number of allylic oxidation sites excluding steroid dienone is 16. The van der Waals surface area contributed by atoms with E-state index >= 15 is 0 Å². The average Bonchev–Trinajstić information content (AvgIpc) is 3.24. The van der Waals surface area contributed by atoms with Gasteiger partial charge in [-0.15, -0.1) is 0 Å². The van der Waals surface area contributed by atoms with Crippen molar-refractivity contribution in [3.05, 3.63) is 97.2 Å². The highest BCUT2D eigenvalue weighted by Crippen LogP contribution is 2.17. The maximum atomic E-state index is 13.2. The molecule has 0 saturated carbocycles. The molecule has 6 heteroatoms. The van der Waals surface area contributed by atoms with Crippen LogP contribution >= 0.6 is 0 Å². The van der Waals surface area contributed by atoms with Gasteiger partial charge in [-0.1, -0.05) is 234 Å². The van der Waals surface area contributed by atoms with Gasteiger partial charge in [0, 0.05) is 6.42 Å². The molecule has 3 N–H and O–H groups in total. The van der Waals surface area contributed by atoms with Gasteiger partial charge >= 0.3 is 5.97 Å². The summed E-state index contributed by atoms with van der Waals surface area (Å²) in [5.74, 6) is -0.591. The fraction of sp³-hybridized carbons (Fsp3) is 0.667. The fourth-order valence-electron chi connectivity index (χ4n) is 6.93. The average molecular weight is 834 g/mol. The van der Waals surface area contributed by atoms with Crippen LogP contribution in [0.5, 0.6) is 0 Å². The van der Waals surface area contributed by atoms with Gasteiger partial charge < -0.3 is 20.3 Å². The molecular formula is C54H91NO5. The van der Waals surface area contributed by atoms with Gasteiger partial charge in [-0.2, -0.15) is 0 Å². The molecule has 0 bridgehead atoms.